The summed E-state index contributed by atoms with van der Waals surface area (Å²) < 4.78 is 0. The molecular weight excluding hydrogens is 620 g/mol. The Balaban J connectivity index is 1.94. The molecule has 1 aromatic rings. The number of aliphatic hydroxyl groups is 2. The van der Waals surface area contributed by atoms with Crippen molar-refractivity contribution in [1.82, 2.24) is 10.6 Å². The fourth-order valence-corrected chi connectivity index (χ4v) is 6.71. The van der Waals surface area contributed by atoms with E-state index in [1.165, 1.54) is 103 Å². The second kappa shape index (κ2) is 34.2. The maximum Gasteiger partial charge on any atom is 0.220 e. The molecule has 0 heterocycles. The average Bonchev–Trinajstić information content (AvgIpc) is 3.12. The topological polar surface area (TPSA) is 98.7 Å². The van der Waals surface area contributed by atoms with Gasteiger partial charge in [-0.3, -0.25) is 9.59 Å². The molecule has 0 aromatic heterocycles. The molecule has 4 N–H and O–H groups in total. The lowest BCUT2D eigenvalue weighted by molar-refractivity contribution is -0.122. The van der Waals surface area contributed by atoms with Crippen LogP contribution in [0.2, 0.25) is 0 Å². The van der Waals surface area contributed by atoms with Crippen LogP contribution in [-0.2, 0) is 22.7 Å². The zero-order valence-corrected chi connectivity index (χ0v) is 32.8. The first kappa shape index (κ1) is 46.1. The molecule has 50 heavy (non-hydrogen) atoms. The van der Waals surface area contributed by atoms with Crippen LogP contribution < -0.4 is 10.6 Å². The third-order valence-corrected chi connectivity index (χ3v) is 10.2. The van der Waals surface area contributed by atoms with Crippen LogP contribution in [0.4, 0.5) is 0 Å². The molecule has 0 bridgehead atoms. The maximum absolute atomic E-state index is 12.3. The smallest absolute Gasteiger partial charge is 0.220 e. The van der Waals surface area contributed by atoms with Crippen LogP contribution in [-0.4, -0.2) is 34.2 Å². The molecule has 0 spiro atoms. The van der Waals surface area contributed by atoms with E-state index in [0.29, 0.717) is 25.9 Å². The number of hydrogen-bond donors (Lipinski definition) is 4. The van der Waals surface area contributed by atoms with E-state index in [4.69, 9.17) is 0 Å². The predicted octanol–water partition coefficient (Wildman–Crippen LogP) is 11.4. The van der Waals surface area contributed by atoms with Gasteiger partial charge in [0.2, 0.25) is 11.8 Å². The number of carbonyl (C=O) groups is 2. The maximum atomic E-state index is 12.3. The molecule has 1 rings (SSSR count). The van der Waals surface area contributed by atoms with Crippen molar-refractivity contribution in [1.29, 1.82) is 0 Å². The van der Waals surface area contributed by atoms with Gasteiger partial charge in [0.1, 0.15) is 0 Å². The van der Waals surface area contributed by atoms with E-state index in [9.17, 15) is 19.8 Å². The Bertz CT molecular complexity index is 833. The van der Waals surface area contributed by atoms with Gasteiger partial charge in [-0.15, -0.1) is 0 Å². The van der Waals surface area contributed by atoms with Crippen LogP contribution >= 0.6 is 0 Å². The van der Waals surface area contributed by atoms with E-state index in [1.54, 1.807) is 0 Å². The molecule has 1 aromatic carbocycles. The Hall–Kier alpha value is -1.92. The van der Waals surface area contributed by atoms with E-state index in [2.05, 4.69) is 24.5 Å². The van der Waals surface area contributed by atoms with Gasteiger partial charge in [-0.1, -0.05) is 179 Å². The summed E-state index contributed by atoms with van der Waals surface area (Å²) in [5, 5.41) is 26.2. The summed E-state index contributed by atoms with van der Waals surface area (Å²) in [5.74, 6) is 0.239. The molecule has 290 valence electrons. The first-order valence-electron chi connectivity index (χ1n) is 21.4. The summed E-state index contributed by atoms with van der Waals surface area (Å²) >= 11 is 0. The Morgan fingerprint density at radius 3 is 1.00 bits per heavy atom. The Morgan fingerprint density at radius 1 is 0.440 bits per heavy atom. The molecule has 0 saturated carbocycles. The molecular formula is C44H80N2O4. The fraction of sp³-hybridized carbons (Fsp3) is 0.818. The second-order valence-electron chi connectivity index (χ2n) is 15.1. The molecule has 0 aliphatic carbocycles. The highest BCUT2D eigenvalue weighted by atomic mass is 16.3. The van der Waals surface area contributed by atoms with E-state index < -0.39 is 0 Å². The number of nitrogens with one attached hydrogen (secondary N) is 2. The van der Waals surface area contributed by atoms with Crippen molar-refractivity contribution >= 4 is 11.8 Å². The van der Waals surface area contributed by atoms with Gasteiger partial charge in [-0.05, 0) is 49.7 Å². The zero-order chi connectivity index (χ0) is 36.3. The number of hydrogen-bond acceptors (Lipinski definition) is 4. The molecule has 2 unspecified atom stereocenters. The number of amides is 2. The highest BCUT2D eigenvalue weighted by Gasteiger charge is 2.06. The third-order valence-electron chi connectivity index (χ3n) is 10.2. The Labute approximate surface area is 308 Å². The monoisotopic (exact) mass is 701 g/mol. The third kappa shape index (κ3) is 29.8. The minimum Gasteiger partial charge on any atom is -0.393 e. The summed E-state index contributed by atoms with van der Waals surface area (Å²) in [6, 6.07) is 8.14. The summed E-state index contributed by atoms with van der Waals surface area (Å²) in [7, 11) is 0. The van der Waals surface area contributed by atoms with Crippen molar-refractivity contribution < 1.29 is 19.8 Å². The molecule has 0 aliphatic heterocycles. The molecule has 2 amide bonds. The van der Waals surface area contributed by atoms with Crippen molar-refractivity contribution in [3.05, 3.63) is 35.4 Å². The van der Waals surface area contributed by atoms with Gasteiger partial charge in [0.25, 0.3) is 0 Å². The number of benzene rings is 1. The van der Waals surface area contributed by atoms with Crippen molar-refractivity contribution in [3.63, 3.8) is 0 Å². The number of aliphatic hydroxyl groups excluding tert-OH is 2. The predicted molar refractivity (Wildman–Crippen MR) is 212 cm³/mol. The number of rotatable bonds is 36. The Kier molecular flexibility index (Phi) is 31.5. The lowest BCUT2D eigenvalue weighted by atomic mass is 10.0. The van der Waals surface area contributed by atoms with Crippen molar-refractivity contribution in [3.8, 4) is 0 Å². The van der Waals surface area contributed by atoms with Crippen LogP contribution in [0, 0.1) is 0 Å². The van der Waals surface area contributed by atoms with Gasteiger partial charge in [-0.25, -0.2) is 0 Å². The second-order valence-corrected chi connectivity index (χ2v) is 15.1. The lowest BCUT2D eigenvalue weighted by Gasteiger charge is -2.10. The van der Waals surface area contributed by atoms with E-state index >= 15 is 0 Å². The van der Waals surface area contributed by atoms with E-state index in [0.717, 1.165) is 88.2 Å². The fourth-order valence-electron chi connectivity index (χ4n) is 6.71. The summed E-state index contributed by atoms with van der Waals surface area (Å²) in [5.41, 5.74) is 2.15. The molecule has 2 atom stereocenters. The van der Waals surface area contributed by atoms with Crippen molar-refractivity contribution in [2.75, 3.05) is 0 Å². The van der Waals surface area contributed by atoms with Gasteiger partial charge in [0.15, 0.2) is 0 Å². The van der Waals surface area contributed by atoms with E-state index in [1.807, 2.05) is 24.3 Å². The van der Waals surface area contributed by atoms with Gasteiger partial charge < -0.3 is 20.8 Å². The quantitative estimate of drug-likeness (QED) is 0.0524. The van der Waals surface area contributed by atoms with E-state index in [-0.39, 0.29) is 24.0 Å². The van der Waals surface area contributed by atoms with Crippen molar-refractivity contribution in [2.24, 2.45) is 0 Å². The molecule has 6 nitrogen and oxygen atoms in total. The molecule has 0 saturated heterocycles. The zero-order valence-electron chi connectivity index (χ0n) is 32.8. The Morgan fingerprint density at radius 2 is 0.700 bits per heavy atom. The molecule has 6 heteroatoms. The van der Waals surface area contributed by atoms with Crippen LogP contribution in [0.15, 0.2) is 24.3 Å². The number of unbranched alkanes of at least 4 members (excludes halogenated alkanes) is 20. The van der Waals surface area contributed by atoms with Gasteiger partial charge in [0.05, 0.1) is 12.2 Å². The minimum atomic E-state index is -0.102. The summed E-state index contributed by atoms with van der Waals surface area (Å²) in [6.07, 6.45) is 33.4. The van der Waals surface area contributed by atoms with Crippen molar-refractivity contribution in [2.45, 2.75) is 232 Å². The lowest BCUT2D eigenvalue weighted by Crippen LogP contribution is -2.23. The summed E-state index contributed by atoms with van der Waals surface area (Å²) in [4.78, 5) is 24.6. The van der Waals surface area contributed by atoms with Crippen LogP contribution in [0.5, 0.6) is 0 Å². The largest absolute Gasteiger partial charge is 0.393 e. The van der Waals surface area contributed by atoms with Crippen LogP contribution in [0.25, 0.3) is 0 Å². The SMILES string of the molecule is CCCCCCC(O)CCCCCCCCCCC(=O)NCc1ccc(CNC(=O)CCCCCCCCCCC(O)CCCCCC)cc1. The first-order valence-corrected chi connectivity index (χ1v) is 21.4. The number of carbonyl (C=O) groups excluding carboxylic acids is 2. The minimum absolute atomic E-state index is 0.102. The van der Waals surface area contributed by atoms with Gasteiger partial charge in [-0.2, -0.15) is 0 Å². The average molecular weight is 701 g/mol. The normalized spacial score (nSPS) is 12.6. The molecule has 0 aliphatic rings. The standard InChI is InChI=1S/C44H80N2O4/c1-3-5-7-21-27-41(47)29-23-17-13-9-11-15-19-25-31-43(49)45-37-39-33-35-40(36-34-39)38-46-44(50)32-26-20-16-12-10-14-18-24-30-42(48)28-22-8-6-4-2/h33-36,41-42,47-48H,3-32,37-38H2,1-2H3,(H,45,49)(H,46,50). The van der Waals surface area contributed by atoms with Crippen LogP contribution in [0.1, 0.15) is 218 Å². The first-order chi connectivity index (χ1) is 24.4. The summed E-state index contributed by atoms with van der Waals surface area (Å²) in [6.45, 7) is 5.53. The molecule has 0 fully saturated rings. The van der Waals surface area contributed by atoms with Gasteiger partial charge >= 0.3 is 0 Å². The highest BCUT2D eigenvalue weighted by molar-refractivity contribution is 5.76. The van der Waals surface area contributed by atoms with Crippen LogP contribution in [0.3, 0.4) is 0 Å². The highest BCUT2D eigenvalue weighted by Crippen LogP contribution is 2.16. The van der Waals surface area contributed by atoms with Gasteiger partial charge in [0, 0.05) is 25.9 Å². The molecule has 0 radical (unpaired) electrons.